The van der Waals surface area contributed by atoms with Crippen LogP contribution in [0.3, 0.4) is 0 Å². The zero-order valence-electron chi connectivity index (χ0n) is 11.3. The summed E-state index contributed by atoms with van der Waals surface area (Å²) < 4.78 is 0. The van der Waals surface area contributed by atoms with E-state index in [1.165, 1.54) is 4.88 Å². The fraction of sp³-hybridized carbons (Fsp3) is 0.692. The summed E-state index contributed by atoms with van der Waals surface area (Å²) in [4.78, 5) is 7.99. The van der Waals surface area contributed by atoms with Gasteiger partial charge in [-0.15, -0.1) is 11.3 Å². The predicted molar refractivity (Wildman–Crippen MR) is 76.8 cm³/mol. The van der Waals surface area contributed by atoms with Gasteiger partial charge in [-0.3, -0.25) is 0 Å². The molecule has 0 aliphatic rings. The maximum Gasteiger partial charge on any atom is 0.185 e. The maximum absolute atomic E-state index is 8.42. The Hall–Kier alpha value is -1.12. The molecular formula is C13H22N4S. The Morgan fingerprint density at radius 3 is 2.83 bits per heavy atom. The second-order valence-electron chi connectivity index (χ2n) is 4.07. The van der Waals surface area contributed by atoms with Gasteiger partial charge >= 0.3 is 0 Å². The van der Waals surface area contributed by atoms with Gasteiger partial charge in [0.2, 0.25) is 0 Å². The molecule has 0 amide bonds. The van der Waals surface area contributed by atoms with Crippen LogP contribution < -0.4 is 10.2 Å². The molecule has 0 fully saturated rings. The SMILES string of the molecule is CCN(CC)c1ncc(CNCCCCC#N)s1. The first-order valence-corrected chi connectivity index (χ1v) is 7.40. The van der Waals surface area contributed by atoms with Crippen LogP contribution in [0.4, 0.5) is 5.13 Å². The van der Waals surface area contributed by atoms with Gasteiger partial charge in [-0.1, -0.05) is 0 Å². The molecular weight excluding hydrogens is 244 g/mol. The molecule has 0 saturated carbocycles. The van der Waals surface area contributed by atoms with Crippen molar-refractivity contribution in [3.05, 3.63) is 11.1 Å². The van der Waals surface area contributed by atoms with E-state index in [1.807, 2.05) is 6.20 Å². The second-order valence-corrected chi connectivity index (χ2v) is 5.17. The van der Waals surface area contributed by atoms with Gasteiger partial charge in [0.05, 0.1) is 6.07 Å². The second kappa shape index (κ2) is 8.90. The monoisotopic (exact) mass is 266 g/mol. The van der Waals surface area contributed by atoms with Crippen LogP contribution in [-0.4, -0.2) is 24.6 Å². The van der Waals surface area contributed by atoms with Crippen LogP contribution in [0.15, 0.2) is 6.20 Å². The molecule has 0 aliphatic carbocycles. The molecule has 5 heteroatoms. The third kappa shape index (κ3) is 5.03. The van der Waals surface area contributed by atoms with E-state index in [-0.39, 0.29) is 0 Å². The van der Waals surface area contributed by atoms with Gasteiger partial charge in [0.1, 0.15) is 0 Å². The highest BCUT2D eigenvalue weighted by molar-refractivity contribution is 7.15. The molecule has 1 heterocycles. The lowest BCUT2D eigenvalue weighted by molar-refractivity contribution is 0.632. The molecule has 0 atom stereocenters. The lowest BCUT2D eigenvalue weighted by atomic mass is 10.2. The molecule has 0 radical (unpaired) electrons. The molecule has 0 aliphatic heterocycles. The lowest BCUT2D eigenvalue weighted by Crippen LogP contribution is -2.21. The molecule has 0 saturated heterocycles. The van der Waals surface area contributed by atoms with E-state index in [0.717, 1.165) is 44.2 Å². The van der Waals surface area contributed by atoms with Crippen LogP contribution in [0.2, 0.25) is 0 Å². The topological polar surface area (TPSA) is 52.0 Å². The zero-order chi connectivity index (χ0) is 13.2. The molecule has 1 N–H and O–H groups in total. The van der Waals surface area contributed by atoms with Gasteiger partial charge in [-0.25, -0.2) is 4.98 Å². The van der Waals surface area contributed by atoms with Crippen LogP contribution in [0.25, 0.3) is 0 Å². The van der Waals surface area contributed by atoms with E-state index in [0.29, 0.717) is 6.42 Å². The Bertz CT molecular complexity index is 365. The van der Waals surface area contributed by atoms with Crippen molar-refractivity contribution in [2.24, 2.45) is 0 Å². The van der Waals surface area contributed by atoms with Gasteiger partial charge in [0.25, 0.3) is 0 Å². The van der Waals surface area contributed by atoms with Crippen LogP contribution in [0, 0.1) is 11.3 Å². The first-order valence-electron chi connectivity index (χ1n) is 6.59. The van der Waals surface area contributed by atoms with Crippen LogP contribution in [0.5, 0.6) is 0 Å². The van der Waals surface area contributed by atoms with Crippen LogP contribution in [0.1, 0.15) is 38.0 Å². The molecule has 100 valence electrons. The minimum absolute atomic E-state index is 0.661. The summed E-state index contributed by atoms with van der Waals surface area (Å²) in [6, 6.07) is 2.16. The van der Waals surface area contributed by atoms with Crippen molar-refractivity contribution < 1.29 is 0 Å². The van der Waals surface area contributed by atoms with Gasteiger partial charge in [0, 0.05) is 37.1 Å². The van der Waals surface area contributed by atoms with Crippen LogP contribution >= 0.6 is 11.3 Å². The van der Waals surface area contributed by atoms with E-state index < -0.39 is 0 Å². The standard InChI is InChI=1S/C13H22N4S/c1-3-17(4-2)13-16-11-12(18-13)10-15-9-7-5-6-8-14/h11,15H,3-7,9-10H2,1-2H3. The fourth-order valence-electron chi connectivity index (χ4n) is 1.68. The molecule has 1 aromatic rings. The van der Waals surface area contributed by atoms with Crippen molar-refractivity contribution >= 4 is 16.5 Å². The van der Waals surface area contributed by atoms with E-state index in [9.17, 15) is 0 Å². The largest absolute Gasteiger partial charge is 0.349 e. The van der Waals surface area contributed by atoms with Gasteiger partial charge in [-0.05, 0) is 33.2 Å². The number of hydrogen-bond donors (Lipinski definition) is 1. The highest BCUT2D eigenvalue weighted by atomic mass is 32.1. The molecule has 1 rings (SSSR count). The number of thiazole rings is 1. The van der Waals surface area contributed by atoms with Crippen molar-refractivity contribution in [2.45, 2.75) is 39.7 Å². The van der Waals surface area contributed by atoms with Crippen LogP contribution in [-0.2, 0) is 6.54 Å². The van der Waals surface area contributed by atoms with E-state index >= 15 is 0 Å². The first-order chi connectivity index (χ1) is 8.81. The third-order valence-corrected chi connectivity index (χ3v) is 3.82. The summed E-state index contributed by atoms with van der Waals surface area (Å²) in [6.07, 6.45) is 4.67. The fourth-order valence-corrected chi connectivity index (χ4v) is 2.69. The number of nitrogens with zero attached hydrogens (tertiary/aromatic N) is 3. The first kappa shape index (κ1) is 14.9. The average Bonchev–Trinajstić information content (AvgIpc) is 2.84. The summed E-state index contributed by atoms with van der Waals surface area (Å²) in [6.45, 7) is 8.16. The number of rotatable bonds is 9. The van der Waals surface area contributed by atoms with Crippen molar-refractivity contribution in [1.29, 1.82) is 5.26 Å². The molecule has 0 bridgehead atoms. The Morgan fingerprint density at radius 1 is 1.39 bits per heavy atom. The minimum atomic E-state index is 0.661. The lowest BCUT2D eigenvalue weighted by Gasteiger charge is -2.16. The predicted octanol–water partition coefficient (Wildman–Crippen LogP) is 2.77. The molecule has 0 spiro atoms. The average molecular weight is 266 g/mol. The summed E-state index contributed by atoms with van der Waals surface area (Å²) in [5.74, 6) is 0. The highest BCUT2D eigenvalue weighted by Crippen LogP contribution is 2.21. The van der Waals surface area contributed by atoms with E-state index in [4.69, 9.17) is 5.26 Å². The van der Waals surface area contributed by atoms with Crippen molar-refractivity contribution in [1.82, 2.24) is 10.3 Å². The van der Waals surface area contributed by atoms with Crippen molar-refractivity contribution in [3.63, 3.8) is 0 Å². The Kier molecular flexibility index (Phi) is 7.38. The van der Waals surface area contributed by atoms with Gasteiger partial charge in [0.15, 0.2) is 5.13 Å². The summed E-state index contributed by atoms with van der Waals surface area (Å²) >= 11 is 1.76. The smallest absolute Gasteiger partial charge is 0.185 e. The number of nitriles is 1. The minimum Gasteiger partial charge on any atom is -0.349 e. The summed E-state index contributed by atoms with van der Waals surface area (Å²) in [5.41, 5.74) is 0. The zero-order valence-corrected chi connectivity index (χ0v) is 12.1. The molecule has 0 unspecified atom stereocenters. The number of nitrogens with one attached hydrogen (secondary N) is 1. The van der Waals surface area contributed by atoms with Gasteiger partial charge in [-0.2, -0.15) is 5.26 Å². The van der Waals surface area contributed by atoms with Crippen molar-refractivity contribution in [2.75, 3.05) is 24.5 Å². The molecule has 4 nitrogen and oxygen atoms in total. The Labute approximate surface area is 114 Å². The number of anilines is 1. The van der Waals surface area contributed by atoms with E-state index in [2.05, 4.69) is 35.1 Å². The Morgan fingerprint density at radius 2 is 2.17 bits per heavy atom. The highest BCUT2D eigenvalue weighted by Gasteiger charge is 2.06. The molecule has 18 heavy (non-hydrogen) atoms. The van der Waals surface area contributed by atoms with Crippen molar-refractivity contribution in [3.8, 4) is 6.07 Å². The normalized spacial score (nSPS) is 10.3. The maximum atomic E-state index is 8.42. The summed E-state index contributed by atoms with van der Waals surface area (Å²) in [5, 5.41) is 12.9. The quantitative estimate of drug-likeness (QED) is 0.698. The third-order valence-electron chi connectivity index (χ3n) is 2.77. The Balaban J connectivity index is 2.25. The van der Waals surface area contributed by atoms with Gasteiger partial charge < -0.3 is 10.2 Å². The molecule has 0 aromatic carbocycles. The van der Waals surface area contributed by atoms with E-state index in [1.54, 1.807) is 11.3 Å². The number of unbranched alkanes of at least 4 members (excludes halogenated alkanes) is 2. The summed E-state index contributed by atoms with van der Waals surface area (Å²) in [7, 11) is 0. The number of hydrogen-bond acceptors (Lipinski definition) is 5. The molecule has 1 aromatic heterocycles. The number of aromatic nitrogens is 1.